The van der Waals surface area contributed by atoms with Crippen LogP contribution in [0.4, 0.5) is 0 Å². The SMILES string of the molecule is CN(C)C[C@H]1[C@H]2CN(C(=O)CC3CCCC3)C[C@]23CC[C@H]1O3. The second-order valence-corrected chi connectivity index (χ2v) is 8.42. The summed E-state index contributed by atoms with van der Waals surface area (Å²) in [6, 6.07) is 0. The number of carbonyl (C=O) groups is 1. The standard InChI is InChI=1S/C18H30N2O2/c1-19(2)10-14-15-11-20(12-18(15)8-7-16(14)22-18)17(21)9-13-5-3-4-6-13/h13-16H,3-12H2,1-2H3/t14-,15+,16+,18+/m0/s1. The summed E-state index contributed by atoms with van der Waals surface area (Å²) in [6.07, 6.45) is 8.75. The molecule has 124 valence electrons. The van der Waals surface area contributed by atoms with Gasteiger partial charge in [-0.3, -0.25) is 4.79 Å². The van der Waals surface area contributed by atoms with E-state index < -0.39 is 0 Å². The summed E-state index contributed by atoms with van der Waals surface area (Å²) in [4.78, 5) is 17.1. The summed E-state index contributed by atoms with van der Waals surface area (Å²) < 4.78 is 6.43. The monoisotopic (exact) mass is 306 g/mol. The highest BCUT2D eigenvalue weighted by molar-refractivity contribution is 5.77. The lowest BCUT2D eigenvalue weighted by molar-refractivity contribution is -0.132. The molecule has 3 heterocycles. The Labute approximate surface area is 134 Å². The van der Waals surface area contributed by atoms with Crippen molar-refractivity contribution < 1.29 is 9.53 Å². The van der Waals surface area contributed by atoms with E-state index in [9.17, 15) is 4.79 Å². The molecule has 4 nitrogen and oxygen atoms in total. The molecule has 0 N–H and O–H groups in total. The third-order valence-electron chi connectivity index (χ3n) is 6.65. The average Bonchev–Trinajstić information content (AvgIpc) is 3.19. The van der Waals surface area contributed by atoms with Crippen molar-refractivity contribution >= 4 is 5.91 Å². The summed E-state index contributed by atoms with van der Waals surface area (Å²) in [7, 11) is 4.30. The third kappa shape index (κ3) is 2.39. The number of nitrogens with zero attached hydrogens (tertiary/aromatic N) is 2. The summed E-state index contributed by atoms with van der Waals surface area (Å²) >= 11 is 0. The van der Waals surface area contributed by atoms with Crippen molar-refractivity contribution in [1.82, 2.24) is 9.80 Å². The van der Waals surface area contributed by atoms with E-state index in [-0.39, 0.29) is 5.60 Å². The first-order valence-corrected chi connectivity index (χ1v) is 9.18. The molecule has 4 atom stereocenters. The molecule has 22 heavy (non-hydrogen) atoms. The van der Waals surface area contributed by atoms with Gasteiger partial charge in [0.15, 0.2) is 0 Å². The van der Waals surface area contributed by atoms with Gasteiger partial charge in [0, 0.05) is 31.3 Å². The Balaban J connectivity index is 1.43. The highest BCUT2D eigenvalue weighted by Gasteiger charge is 2.63. The Morgan fingerprint density at radius 1 is 1.27 bits per heavy atom. The predicted molar refractivity (Wildman–Crippen MR) is 85.5 cm³/mol. The Morgan fingerprint density at radius 3 is 2.77 bits per heavy atom. The van der Waals surface area contributed by atoms with Crippen LogP contribution in [0.25, 0.3) is 0 Å². The second kappa shape index (κ2) is 5.48. The molecule has 0 unspecified atom stereocenters. The lowest BCUT2D eigenvalue weighted by atomic mass is 9.73. The smallest absolute Gasteiger partial charge is 0.222 e. The molecule has 1 spiro atoms. The van der Waals surface area contributed by atoms with Gasteiger partial charge in [-0.05, 0) is 45.7 Å². The van der Waals surface area contributed by atoms with E-state index >= 15 is 0 Å². The fourth-order valence-corrected chi connectivity index (χ4v) is 5.64. The van der Waals surface area contributed by atoms with Gasteiger partial charge in [-0.2, -0.15) is 0 Å². The van der Waals surface area contributed by atoms with Crippen LogP contribution >= 0.6 is 0 Å². The van der Waals surface area contributed by atoms with Gasteiger partial charge >= 0.3 is 0 Å². The van der Waals surface area contributed by atoms with Gasteiger partial charge in [0.05, 0.1) is 18.2 Å². The maximum Gasteiger partial charge on any atom is 0.222 e. The Bertz CT molecular complexity index is 446. The van der Waals surface area contributed by atoms with Crippen LogP contribution in [-0.2, 0) is 9.53 Å². The molecule has 0 aromatic carbocycles. The number of hydrogen-bond donors (Lipinski definition) is 0. The van der Waals surface area contributed by atoms with E-state index in [2.05, 4.69) is 23.9 Å². The molecule has 0 aromatic rings. The molecular formula is C18H30N2O2. The Hall–Kier alpha value is -0.610. The summed E-state index contributed by atoms with van der Waals surface area (Å²) in [5.41, 5.74) is 0.0106. The fourth-order valence-electron chi connectivity index (χ4n) is 5.64. The van der Waals surface area contributed by atoms with E-state index in [1.165, 1.54) is 38.5 Å². The van der Waals surface area contributed by atoms with Crippen LogP contribution < -0.4 is 0 Å². The van der Waals surface area contributed by atoms with Crippen LogP contribution in [0.15, 0.2) is 0 Å². The molecule has 0 aromatic heterocycles. The minimum Gasteiger partial charge on any atom is -0.369 e. The maximum absolute atomic E-state index is 12.7. The molecule has 2 bridgehead atoms. The van der Waals surface area contributed by atoms with Crippen LogP contribution in [0.5, 0.6) is 0 Å². The molecule has 3 aliphatic heterocycles. The summed E-state index contributed by atoms with van der Waals surface area (Å²) in [5, 5.41) is 0. The van der Waals surface area contributed by atoms with Gasteiger partial charge in [-0.25, -0.2) is 0 Å². The van der Waals surface area contributed by atoms with E-state index in [0.29, 0.717) is 29.8 Å². The van der Waals surface area contributed by atoms with E-state index in [1.807, 2.05) is 0 Å². The highest BCUT2D eigenvalue weighted by Crippen LogP contribution is 2.55. The number of likely N-dealkylation sites (tertiary alicyclic amines) is 1. The quantitative estimate of drug-likeness (QED) is 0.798. The molecule has 3 saturated heterocycles. The molecule has 4 aliphatic rings. The van der Waals surface area contributed by atoms with Crippen molar-refractivity contribution in [2.24, 2.45) is 17.8 Å². The first-order valence-electron chi connectivity index (χ1n) is 9.18. The number of carbonyl (C=O) groups excluding carboxylic acids is 1. The van der Waals surface area contributed by atoms with Gasteiger partial charge in [0.25, 0.3) is 0 Å². The number of hydrogen-bond acceptors (Lipinski definition) is 3. The average molecular weight is 306 g/mol. The highest BCUT2D eigenvalue weighted by atomic mass is 16.5. The largest absolute Gasteiger partial charge is 0.369 e. The molecule has 4 rings (SSSR count). The Morgan fingerprint density at radius 2 is 2.05 bits per heavy atom. The summed E-state index contributed by atoms with van der Waals surface area (Å²) in [5.74, 6) is 2.24. The number of ether oxygens (including phenoxy) is 1. The minimum absolute atomic E-state index is 0.0106. The predicted octanol–water partition coefficient (Wildman–Crippen LogP) is 2.13. The Kier molecular flexibility index (Phi) is 3.73. The van der Waals surface area contributed by atoms with Crippen molar-refractivity contribution in [3.8, 4) is 0 Å². The first-order chi connectivity index (χ1) is 10.6. The van der Waals surface area contributed by atoms with Crippen molar-refractivity contribution in [2.45, 2.75) is 56.7 Å². The van der Waals surface area contributed by atoms with Gasteiger partial charge in [0.1, 0.15) is 0 Å². The molecule has 4 heteroatoms. The van der Waals surface area contributed by atoms with Crippen LogP contribution in [0.1, 0.15) is 44.9 Å². The van der Waals surface area contributed by atoms with Crippen molar-refractivity contribution in [3.05, 3.63) is 0 Å². The van der Waals surface area contributed by atoms with E-state index in [1.54, 1.807) is 0 Å². The van der Waals surface area contributed by atoms with Crippen molar-refractivity contribution in [2.75, 3.05) is 33.7 Å². The number of amides is 1. The third-order valence-corrected chi connectivity index (χ3v) is 6.65. The zero-order valence-electron chi connectivity index (χ0n) is 14.1. The lowest BCUT2D eigenvalue weighted by Gasteiger charge is -2.30. The lowest BCUT2D eigenvalue weighted by Crippen LogP contribution is -2.40. The molecule has 1 saturated carbocycles. The summed E-state index contributed by atoms with van der Waals surface area (Å²) in [6.45, 7) is 2.91. The topological polar surface area (TPSA) is 32.8 Å². The van der Waals surface area contributed by atoms with Crippen LogP contribution in [0, 0.1) is 17.8 Å². The molecular weight excluding hydrogens is 276 g/mol. The van der Waals surface area contributed by atoms with Gasteiger partial charge in [-0.15, -0.1) is 0 Å². The van der Waals surface area contributed by atoms with Crippen LogP contribution in [0.3, 0.4) is 0 Å². The molecule has 1 amide bonds. The second-order valence-electron chi connectivity index (χ2n) is 8.42. The molecule has 0 radical (unpaired) electrons. The van der Waals surface area contributed by atoms with Crippen molar-refractivity contribution in [1.29, 1.82) is 0 Å². The zero-order valence-corrected chi connectivity index (χ0v) is 14.1. The first kappa shape index (κ1) is 14.9. The van der Waals surface area contributed by atoms with Gasteiger partial charge < -0.3 is 14.5 Å². The minimum atomic E-state index is 0.0106. The van der Waals surface area contributed by atoms with E-state index in [0.717, 1.165) is 26.1 Å². The number of fused-ring (bicyclic) bond motifs is 1. The van der Waals surface area contributed by atoms with Crippen LogP contribution in [-0.4, -0.2) is 61.1 Å². The number of rotatable bonds is 4. The maximum atomic E-state index is 12.7. The zero-order chi connectivity index (χ0) is 15.3. The van der Waals surface area contributed by atoms with Crippen LogP contribution in [0.2, 0.25) is 0 Å². The molecule has 1 aliphatic carbocycles. The van der Waals surface area contributed by atoms with E-state index in [4.69, 9.17) is 4.74 Å². The normalized spacial score (nSPS) is 40.9. The van der Waals surface area contributed by atoms with Gasteiger partial charge in [0.2, 0.25) is 5.91 Å². The molecule has 4 fully saturated rings. The van der Waals surface area contributed by atoms with Gasteiger partial charge in [-0.1, -0.05) is 12.8 Å². The van der Waals surface area contributed by atoms with Crippen molar-refractivity contribution in [3.63, 3.8) is 0 Å². The fraction of sp³-hybridized carbons (Fsp3) is 0.944.